The van der Waals surface area contributed by atoms with E-state index in [1.807, 2.05) is 0 Å². The molecular weight excluding hydrogens is 250 g/mol. The largest absolute Gasteiger partial charge is 0.377 e. The van der Waals surface area contributed by atoms with Crippen LogP contribution < -0.4 is 5.32 Å². The van der Waals surface area contributed by atoms with Gasteiger partial charge in [0.05, 0.1) is 24.9 Å². The van der Waals surface area contributed by atoms with Gasteiger partial charge in [0.15, 0.2) is 0 Å². The lowest BCUT2D eigenvalue weighted by Gasteiger charge is -2.20. The van der Waals surface area contributed by atoms with E-state index in [-0.39, 0.29) is 11.6 Å². The Balaban J connectivity index is 2.57. The van der Waals surface area contributed by atoms with Crippen LogP contribution in [0.5, 0.6) is 0 Å². The van der Waals surface area contributed by atoms with Crippen molar-refractivity contribution in [1.82, 2.24) is 15.1 Å². The van der Waals surface area contributed by atoms with Crippen LogP contribution in [0.4, 0.5) is 0 Å². The summed E-state index contributed by atoms with van der Waals surface area (Å²) in [6.45, 7) is 17.5. The van der Waals surface area contributed by atoms with Gasteiger partial charge >= 0.3 is 0 Å². The topological polar surface area (TPSA) is 39.1 Å². The molecule has 0 unspecified atom stereocenters. The molecule has 0 spiro atoms. The molecule has 0 saturated heterocycles. The van der Waals surface area contributed by atoms with Gasteiger partial charge in [-0.3, -0.25) is 4.68 Å². The van der Waals surface area contributed by atoms with Gasteiger partial charge in [-0.2, -0.15) is 5.10 Å². The Hall–Kier alpha value is -0.870. The Morgan fingerprint density at radius 1 is 1.25 bits per heavy atom. The second kappa shape index (κ2) is 7.23. The number of hydrogen-bond donors (Lipinski definition) is 1. The fourth-order valence-electron chi connectivity index (χ4n) is 2.25. The summed E-state index contributed by atoms with van der Waals surface area (Å²) in [6.07, 6.45) is 1.31. The first-order chi connectivity index (χ1) is 9.20. The third-order valence-corrected chi connectivity index (χ3v) is 3.32. The first-order valence-corrected chi connectivity index (χ1v) is 7.60. The van der Waals surface area contributed by atoms with Crippen LogP contribution in [0.3, 0.4) is 0 Å². The van der Waals surface area contributed by atoms with Crippen molar-refractivity contribution >= 4 is 0 Å². The Morgan fingerprint density at radius 3 is 2.45 bits per heavy atom. The van der Waals surface area contributed by atoms with Gasteiger partial charge < -0.3 is 10.1 Å². The predicted octanol–water partition coefficient (Wildman–Crippen LogP) is 2.86. The van der Waals surface area contributed by atoms with Crippen LogP contribution in [0.2, 0.25) is 0 Å². The molecule has 1 N–H and O–H groups in total. The zero-order chi connectivity index (χ0) is 15.3. The number of ether oxygens (including phenoxy) is 1. The van der Waals surface area contributed by atoms with Crippen LogP contribution in [-0.4, -0.2) is 34.6 Å². The van der Waals surface area contributed by atoms with E-state index in [1.54, 1.807) is 0 Å². The number of hydrogen-bond acceptors (Lipinski definition) is 3. The maximum absolute atomic E-state index is 5.60. The number of rotatable bonds is 7. The standard InChI is InChI=1S/C16H31N3O/c1-12(2)20-11-10-19-14(4)15(13(3)18-19)8-9-17-16(5,6)7/h12,17H,8-11H2,1-7H3. The molecule has 116 valence electrons. The molecule has 1 heterocycles. The first-order valence-electron chi connectivity index (χ1n) is 7.60. The normalized spacial score (nSPS) is 12.4. The molecular formula is C16H31N3O. The Morgan fingerprint density at radius 2 is 1.90 bits per heavy atom. The molecule has 0 aromatic carbocycles. The molecule has 0 radical (unpaired) electrons. The molecule has 0 aliphatic carbocycles. The smallest absolute Gasteiger partial charge is 0.0666 e. The molecule has 0 amide bonds. The van der Waals surface area contributed by atoms with Crippen molar-refractivity contribution in [3.63, 3.8) is 0 Å². The number of aromatic nitrogens is 2. The van der Waals surface area contributed by atoms with Crippen molar-refractivity contribution in [2.75, 3.05) is 13.2 Å². The molecule has 0 bridgehead atoms. The Kier molecular flexibility index (Phi) is 6.21. The zero-order valence-electron chi connectivity index (χ0n) is 14.2. The molecule has 0 aliphatic heterocycles. The Bertz CT molecular complexity index is 416. The number of aryl methyl sites for hydroxylation is 1. The van der Waals surface area contributed by atoms with Crippen LogP contribution in [0.1, 0.15) is 51.6 Å². The lowest BCUT2D eigenvalue weighted by atomic mass is 10.1. The van der Waals surface area contributed by atoms with E-state index in [2.05, 4.69) is 63.6 Å². The summed E-state index contributed by atoms with van der Waals surface area (Å²) < 4.78 is 7.68. The molecule has 0 aliphatic rings. The van der Waals surface area contributed by atoms with Gasteiger partial charge in [-0.05, 0) is 67.0 Å². The summed E-state index contributed by atoms with van der Waals surface area (Å²) in [5.74, 6) is 0. The first kappa shape index (κ1) is 17.2. The van der Waals surface area contributed by atoms with Crippen molar-refractivity contribution in [2.24, 2.45) is 0 Å². The van der Waals surface area contributed by atoms with Crippen molar-refractivity contribution in [3.05, 3.63) is 17.0 Å². The predicted molar refractivity (Wildman–Crippen MR) is 84.2 cm³/mol. The third-order valence-electron chi connectivity index (χ3n) is 3.32. The third kappa shape index (κ3) is 5.63. The second-order valence-electron chi connectivity index (χ2n) is 6.72. The summed E-state index contributed by atoms with van der Waals surface area (Å²) in [5, 5.41) is 8.16. The highest BCUT2D eigenvalue weighted by Gasteiger charge is 2.13. The van der Waals surface area contributed by atoms with Gasteiger partial charge in [-0.15, -0.1) is 0 Å². The van der Waals surface area contributed by atoms with E-state index < -0.39 is 0 Å². The minimum atomic E-state index is 0.170. The summed E-state index contributed by atoms with van der Waals surface area (Å²) in [4.78, 5) is 0. The monoisotopic (exact) mass is 281 g/mol. The fraction of sp³-hybridized carbons (Fsp3) is 0.812. The van der Waals surface area contributed by atoms with Gasteiger partial charge in [0.2, 0.25) is 0 Å². The van der Waals surface area contributed by atoms with Gasteiger partial charge in [-0.1, -0.05) is 0 Å². The quantitative estimate of drug-likeness (QED) is 0.835. The highest BCUT2D eigenvalue weighted by atomic mass is 16.5. The lowest BCUT2D eigenvalue weighted by molar-refractivity contribution is 0.0706. The van der Waals surface area contributed by atoms with Crippen molar-refractivity contribution in [1.29, 1.82) is 0 Å². The van der Waals surface area contributed by atoms with E-state index >= 15 is 0 Å². The summed E-state index contributed by atoms with van der Waals surface area (Å²) in [6, 6.07) is 0. The average Bonchev–Trinajstić information content (AvgIpc) is 2.54. The van der Waals surface area contributed by atoms with Gasteiger partial charge in [0.1, 0.15) is 0 Å². The number of nitrogens with one attached hydrogen (secondary N) is 1. The van der Waals surface area contributed by atoms with E-state index in [0.29, 0.717) is 0 Å². The summed E-state index contributed by atoms with van der Waals surface area (Å²) >= 11 is 0. The van der Waals surface area contributed by atoms with Crippen molar-refractivity contribution in [3.8, 4) is 0 Å². The zero-order valence-corrected chi connectivity index (χ0v) is 14.2. The second-order valence-corrected chi connectivity index (χ2v) is 6.72. The highest BCUT2D eigenvalue weighted by molar-refractivity contribution is 5.24. The minimum absolute atomic E-state index is 0.170. The fourth-order valence-corrected chi connectivity index (χ4v) is 2.25. The van der Waals surface area contributed by atoms with E-state index in [0.717, 1.165) is 31.8 Å². The SMILES string of the molecule is Cc1nn(CCOC(C)C)c(C)c1CCNC(C)(C)C. The van der Waals surface area contributed by atoms with Crippen LogP contribution in [0.15, 0.2) is 0 Å². The van der Waals surface area contributed by atoms with Gasteiger partial charge in [-0.25, -0.2) is 0 Å². The average molecular weight is 281 g/mol. The molecule has 0 saturated carbocycles. The van der Waals surface area contributed by atoms with Crippen LogP contribution in [0, 0.1) is 13.8 Å². The van der Waals surface area contributed by atoms with Gasteiger partial charge in [0.25, 0.3) is 0 Å². The maximum atomic E-state index is 5.60. The van der Waals surface area contributed by atoms with Crippen LogP contribution in [-0.2, 0) is 17.7 Å². The molecule has 4 heteroatoms. The molecule has 4 nitrogen and oxygen atoms in total. The summed E-state index contributed by atoms with van der Waals surface area (Å²) in [5.41, 5.74) is 3.95. The van der Waals surface area contributed by atoms with Crippen molar-refractivity contribution in [2.45, 2.75) is 73.1 Å². The van der Waals surface area contributed by atoms with E-state index in [4.69, 9.17) is 4.74 Å². The molecule has 0 fully saturated rings. The van der Waals surface area contributed by atoms with Crippen molar-refractivity contribution < 1.29 is 4.74 Å². The Labute approximate surface area is 123 Å². The van der Waals surface area contributed by atoms with Crippen LogP contribution >= 0.6 is 0 Å². The lowest BCUT2D eigenvalue weighted by Crippen LogP contribution is -2.37. The summed E-state index contributed by atoms with van der Waals surface area (Å²) in [7, 11) is 0. The van der Waals surface area contributed by atoms with Gasteiger partial charge in [0, 0.05) is 11.2 Å². The molecule has 1 rings (SSSR count). The van der Waals surface area contributed by atoms with E-state index in [9.17, 15) is 0 Å². The van der Waals surface area contributed by atoms with Crippen LogP contribution in [0.25, 0.3) is 0 Å². The highest BCUT2D eigenvalue weighted by Crippen LogP contribution is 2.14. The molecule has 0 atom stereocenters. The molecule has 20 heavy (non-hydrogen) atoms. The molecule has 1 aromatic rings. The van der Waals surface area contributed by atoms with E-state index in [1.165, 1.54) is 11.3 Å². The molecule has 1 aromatic heterocycles. The maximum Gasteiger partial charge on any atom is 0.0666 e. The minimum Gasteiger partial charge on any atom is -0.377 e. The number of nitrogens with zero attached hydrogens (tertiary/aromatic N) is 2.